The molecular weight excluding hydrogens is 264 g/mol. The van der Waals surface area contributed by atoms with Gasteiger partial charge in [-0.1, -0.05) is 0 Å². The van der Waals surface area contributed by atoms with E-state index < -0.39 is 6.03 Å². The molecule has 0 saturated carbocycles. The zero-order valence-electron chi connectivity index (χ0n) is 11.8. The average molecular weight is 286 g/mol. The molecule has 1 aliphatic rings. The predicted molar refractivity (Wildman–Crippen MR) is 71.9 cm³/mol. The average Bonchev–Trinajstić information content (AvgIpc) is 2.43. The lowest BCUT2D eigenvalue weighted by Gasteiger charge is -2.34. The number of hydrogen-bond acceptors (Lipinski definition) is 6. The molecule has 0 aromatic heterocycles. The van der Waals surface area contributed by atoms with E-state index in [-0.39, 0.29) is 18.3 Å². The molecule has 1 fully saturated rings. The van der Waals surface area contributed by atoms with Crippen molar-refractivity contribution in [3.63, 3.8) is 0 Å². The highest BCUT2D eigenvalue weighted by atomic mass is 16.5. The molecule has 0 radical (unpaired) electrons. The number of nitrogens with one attached hydrogen (secondary N) is 1. The zero-order chi connectivity index (χ0) is 15.0. The van der Waals surface area contributed by atoms with Crippen molar-refractivity contribution in [2.75, 3.05) is 46.4 Å². The molecule has 0 atom stereocenters. The van der Waals surface area contributed by atoms with Gasteiger partial charge in [0.15, 0.2) is 0 Å². The van der Waals surface area contributed by atoms with E-state index in [0.29, 0.717) is 19.5 Å². The second-order valence-electron chi connectivity index (χ2n) is 4.67. The molecule has 1 rings (SSSR count). The number of nitrogens with two attached hydrogens (primary N) is 1. The Kier molecular flexibility index (Phi) is 6.96. The lowest BCUT2D eigenvalue weighted by molar-refractivity contribution is -0.141. The minimum absolute atomic E-state index is 0.199. The van der Waals surface area contributed by atoms with Crippen LogP contribution in [0.1, 0.15) is 12.8 Å². The first-order valence-corrected chi connectivity index (χ1v) is 6.62. The molecule has 1 aliphatic heterocycles. The van der Waals surface area contributed by atoms with E-state index in [9.17, 15) is 14.4 Å². The lowest BCUT2D eigenvalue weighted by Crippen LogP contribution is -2.48. The highest BCUT2D eigenvalue weighted by Crippen LogP contribution is 2.03. The number of amides is 3. The first kappa shape index (κ1) is 16.4. The minimum Gasteiger partial charge on any atom is -0.469 e. The van der Waals surface area contributed by atoms with Gasteiger partial charge in [-0.25, -0.2) is 4.79 Å². The minimum atomic E-state index is -0.817. The summed E-state index contributed by atoms with van der Waals surface area (Å²) in [5, 5.41) is 2.04. The van der Waals surface area contributed by atoms with Gasteiger partial charge in [0.2, 0.25) is 5.91 Å². The molecule has 0 aliphatic carbocycles. The Morgan fingerprint density at radius 2 is 1.55 bits per heavy atom. The summed E-state index contributed by atoms with van der Waals surface area (Å²) in [4.78, 5) is 37.1. The van der Waals surface area contributed by atoms with Crippen LogP contribution < -0.4 is 11.1 Å². The number of urea groups is 1. The van der Waals surface area contributed by atoms with Gasteiger partial charge in [0.1, 0.15) is 0 Å². The molecule has 0 unspecified atom stereocenters. The third-order valence-corrected chi connectivity index (χ3v) is 3.24. The summed E-state index contributed by atoms with van der Waals surface area (Å²) in [5.41, 5.74) is 4.86. The SMILES string of the molecule is COC(=O)CCN1CCN(CCC(=O)NC(N)=O)CC1. The maximum atomic E-state index is 11.3. The Hall–Kier alpha value is -1.67. The normalized spacial score (nSPS) is 16.6. The van der Waals surface area contributed by atoms with Crippen LogP contribution in [0.4, 0.5) is 4.79 Å². The quantitative estimate of drug-likeness (QED) is 0.591. The van der Waals surface area contributed by atoms with E-state index in [0.717, 1.165) is 26.2 Å². The summed E-state index contributed by atoms with van der Waals surface area (Å²) >= 11 is 0. The molecular formula is C12H22N4O4. The monoisotopic (exact) mass is 286 g/mol. The van der Waals surface area contributed by atoms with E-state index in [2.05, 4.69) is 14.5 Å². The molecule has 0 spiro atoms. The number of ether oxygens (including phenoxy) is 1. The fraction of sp³-hybridized carbons (Fsp3) is 0.750. The highest BCUT2D eigenvalue weighted by molar-refractivity contribution is 5.93. The molecule has 0 aromatic carbocycles. The Morgan fingerprint density at radius 3 is 2.00 bits per heavy atom. The number of imide groups is 1. The second-order valence-corrected chi connectivity index (χ2v) is 4.67. The number of carbonyl (C=O) groups is 3. The summed E-state index contributed by atoms with van der Waals surface area (Å²) in [5.74, 6) is -0.554. The maximum absolute atomic E-state index is 11.3. The van der Waals surface area contributed by atoms with Crippen molar-refractivity contribution in [1.29, 1.82) is 0 Å². The molecule has 8 heteroatoms. The number of hydrogen-bond donors (Lipinski definition) is 2. The summed E-state index contributed by atoms with van der Waals surface area (Å²) in [7, 11) is 1.39. The standard InChI is InChI=1S/C12H22N4O4/c1-20-11(18)3-5-16-8-6-15(7-9-16)4-2-10(17)14-12(13)19/h2-9H2,1H3,(H3,13,14,17,19). The molecule has 1 saturated heterocycles. The van der Waals surface area contributed by atoms with Gasteiger partial charge in [0.05, 0.1) is 13.5 Å². The van der Waals surface area contributed by atoms with Crippen molar-refractivity contribution in [1.82, 2.24) is 15.1 Å². The van der Waals surface area contributed by atoms with Crippen molar-refractivity contribution in [3.05, 3.63) is 0 Å². The fourth-order valence-corrected chi connectivity index (χ4v) is 2.05. The van der Waals surface area contributed by atoms with Crippen LogP contribution in [-0.4, -0.2) is 74.1 Å². The summed E-state index contributed by atoms with van der Waals surface area (Å²) < 4.78 is 4.60. The van der Waals surface area contributed by atoms with Gasteiger partial charge in [0.25, 0.3) is 0 Å². The van der Waals surface area contributed by atoms with E-state index in [1.807, 2.05) is 5.32 Å². The van der Waals surface area contributed by atoms with Crippen LogP contribution in [0.3, 0.4) is 0 Å². The Balaban J connectivity index is 2.14. The fourth-order valence-electron chi connectivity index (χ4n) is 2.05. The van der Waals surface area contributed by atoms with Crippen LogP contribution in [0.25, 0.3) is 0 Å². The van der Waals surface area contributed by atoms with Crippen LogP contribution in [-0.2, 0) is 14.3 Å². The number of primary amides is 1. The van der Waals surface area contributed by atoms with Crippen LogP contribution in [0.2, 0.25) is 0 Å². The lowest BCUT2D eigenvalue weighted by atomic mass is 10.2. The third kappa shape index (κ3) is 6.48. The van der Waals surface area contributed by atoms with Gasteiger partial charge < -0.3 is 20.3 Å². The molecule has 1 heterocycles. The van der Waals surface area contributed by atoms with Gasteiger partial charge in [-0.15, -0.1) is 0 Å². The van der Waals surface area contributed by atoms with Crippen molar-refractivity contribution in [3.8, 4) is 0 Å². The smallest absolute Gasteiger partial charge is 0.318 e. The van der Waals surface area contributed by atoms with Gasteiger partial charge in [-0.2, -0.15) is 0 Å². The van der Waals surface area contributed by atoms with Crippen LogP contribution in [0.15, 0.2) is 0 Å². The zero-order valence-corrected chi connectivity index (χ0v) is 11.8. The first-order chi connectivity index (χ1) is 9.51. The van der Waals surface area contributed by atoms with Gasteiger partial charge in [-0.05, 0) is 0 Å². The van der Waals surface area contributed by atoms with Crippen molar-refractivity contribution in [2.45, 2.75) is 12.8 Å². The summed E-state index contributed by atoms with van der Waals surface area (Å²) in [6, 6.07) is -0.817. The number of methoxy groups -OCH3 is 1. The largest absolute Gasteiger partial charge is 0.469 e. The molecule has 8 nitrogen and oxygen atoms in total. The molecule has 3 N–H and O–H groups in total. The number of carbonyl (C=O) groups excluding carboxylic acids is 3. The molecule has 3 amide bonds. The Labute approximate surface area is 118 Å². The van der Waals surface area contributed by atoms with Crippen molar-refractivity contribution in [2.24, 2.45) is 5.73 Å². The Bertz CT molecular complexity index is 353. The first-order valence-electron chi connectivity index (χ1n) is 6.62. The molecule has 0 aromatic rings. The van der Waals surface area contributed by atoms with Crippen LogP contribution in [0.5, 0.6) is 0 Å². The number of rotatable bonds is 6. The third-order valence-electron chi connectivity index (χ3n) is 3.24. The van der Waals surface area contributed by atoms with Crippen molar-refractivity contribution < 1.29 is 19.1 Å². The van der Waals surface area contributed by atoms with E-state index in [1.54, 1.807) is 0 Å². The summed E-state index contributed by atoms with van der Waals surface area (Å²) in [6.45, 7) is 4.69. The van der Waals surface area contributed by atoms with Crippen LogP contribution >= 0.6 is 0 Å². The molecule has 114 valence electrons. The van der Waals surface area contributed by atoms with E-state index in [1.165, 1.54) is 7.11 Å². The topological polar surface area (TPSA) is 105 Å². The van der Waals surface area contributed by atoms with Crippen molar-refractivity contribution >= 4 is 17.9 Å². The molecule has 0 bridgehead atoms. The Morgan fingerprint density at radius 1 is 1.05 bits per heavy atom. The van der Waals surface area contributed by atoms with E-state index in [4.69, 9.17) is 5.73 Å². The number of esters is 1. The highest BCUT2D eigenvalue weighted by Gasteiger charge is 2.18. The van der Waals surface area contributed by atoms with E-state index >= 15 is 0 Å². The number of nitrogens with zero attached hydrogens (tertiary/aromatic N) is 2. The van der Waals surface area contributed by atoms with Gasteiger partial charge >= 0.3 is 12.0 Å². The number of piperazine rings is 1. The maximum Gasteiger partial charge on any atom is 0.318 e. The molecule has 20 heavy (non-hydrogen) atoms. The predicted octanol–water partition coefficient (Wildman–Crippen LogP) is -1.25. The van der Waals surface area contributed by atoms with Gasteiger partial charge in [-0.3, -0.25) is 14.9 Å². The van der Waals surface area contributed by atoms with Gasteiger partial charge in [0, 0.05) is 45.7 Å². The second kappa shape index (κ2) is 8.49. The van der Waals surface area contributed by atoms with Crippen LogP contribution in [0, 0.1) is 0 Å². The summed E-state index contributed by atoms with van der Waals surface area (Å²) in [6.07, 6.45) is 0.655.